The Balaban J connectivity index is 1.91. The van der Waals surface area contributed by atoms with Gasteiger partial charge in [0.25, 0.3) is 0 Å². The lowest BCUT2D eigenvalue weighted by atomic mass is 10.1. The highest BCUT2D eigenvalue weighted by atomic mass is 16.1. The average molecular weight is 237 g/mol. The molecule has 88 valence electrons. The molecule has 0 aliphatic carbocycles. The van der Waals surface area contributed by atoms with Gasteiger partial charge in [0, 0.05) is 5.56 Å². The number of nitrogens with one attached hydrogen (secondary N) is 1. The van der Waals surface area contributed by atoms with Crippen molar-refractivity contribution in [2.45, 2.75) is 6.54 Å². The number of hydrogen-bond acceptors (Lipinski definition) is 1. The molecule has 0 aliphatic rings. The summed E-state index contributed by atoms with van der Waals surface area (Å²) < 4.78 is 1.94. The van der Waals surface area contributed by atoms with Gasteiger partial charge >= 0.3 is 0 Å². The third kappa shape index (κ3) is 1.91. The normalized spacial score (nSPS) is 10.7. The molecule has 0 bridgehead atoms. The van der Waals surface area contributed by atoms with Gasteiger partial charge in [0.1, 0.15) is 0 Å². The number of imidazole rings is 1. The molecule has 3 nitrogen and oxygen atoms in total. The highest BCUT2D eigenvalue weighted by molar-refractivity contribution is 5.95. The zero-order valence-corrected chi connectivity index (χ0v) is 9.84. The van der Waals surface area contributed by atoms with Gasteiger partial charge in [-0.2, -0.15) is 0 Å². The second kappa shape index (κ2) is 4.45. The molecule has 0 unspecified atom stereocenters. The maximum absolute atomic E-state index is 12.1. The second-order valence-corrected chi connectivity index (χ2v) is 4.21. The molecule has 0 spiro atoms. The topological polar surface area (TPSA) is 36.7 Å². The molecule has 0 saturated carbocycles. The van der Waals surface area contributed by atoms with Gasteiger partial charge in [-0.05, 0) is 12.1 Å². The van der Waals surface area contributed by atoms with Crippen molar-refractivity contribution >= 4 is 16.8 Å². The van der Waals surface area contributed by atoms with Crippen LogP contribution < -0.4 is 4.57 Å². The van der Waals surface area contributed by atoms with E-state index in [-0.39, 0.29) is 5.78 Å². The molecule has 2 aromatic carbocycles. The monoisotopic (exact) mass is 237 g/mol. The van der Waals surface area contributed by atoms with E-state index in [1.807, 2.05) is 65.5 Å². The first-order valence-electron chi connectivity index (χ1n) is 5.88. The van der Waals surface area contributed by atoms with Crippen molar-refractivity contribution in [1.29, 1.82) is 0 Å². The molecule has 3 rings (SSSR count). The Labute approximate surface area is 105 Å². The first kappa shape index (κ1) is 10.7. The Bertz CT molecular complexity index is 686. The van der Waals surface area contributed by atoms with Crippen LogP contribution in [-0.4, -0.2) is 10.8 Å². The number of fused-ring (bicyclic) bond motifs is 1. The number of aromatic nitrogens is 2. The Hall–Kier alpha value is -2.42. The fourth-order valence-corrected chi connectivity index (χ4v) is 2.06. The van der Waals surface area contributed by atoms with E-state index in [0.717, 1.165) is 16.6 Å². The molecule has 1 heterocycles. The molecule has 0 atom stereocenters. The van der Waals surface area contributed by atoms with E-state index in [9.17, 15) is 4.79 Å². The maximum atomic E-state index is 12.1. The molecule has 0 aliphatic heterocycles. The summed E-state index contributed by atoms with van der Waals surface area (Å²) in [5.74, 6) is 0.116. The molecular weight excluding hydrogens is 224 g/mol. The molecule has 0 radical (unpaired) electrons. The predicted molar refractivity (Wildman–Crippen MR) is 69.3 cm³/mol. The van der Waals surface area contributed by atoms with Crippen molar-refractivity contribution in [3.05, 3.63) is 66.5 Å². The van der Waals surface area contributed by atoms with Crippen LogP contribution in [0.5, 0.6) is 0 Å². The minimum absolute atomic E-state index is 0.116. The molecule has 0 amide bonds. The second-order valence-electron chi connectivity index (χ2n) is 4.21. The first-order chi connectivity index (χ1) is 8.84. The minimum atomic E-state index is 0.116. The summed E-state index contributed by atoms with van der Waals surface area (Å²) in [6, 6.07) is 17.3. The number of hydrogen-bond donors (Lipinski definition) is 1. The van der Waals surface area contributed by atoms with E-state index in [2.05, 4.69) is 4.98 Å². The lowest BCUT2D eigenvalue weighted by Gasteiger charge is -1.98. The number of H-pyrrole nitrogens is 1. The quantitative estimate of drug-likeness (QED) is 0.551. The Kier molecular flexibility index (Phi) is 2.65. The lowest BCUT2D eigenvalue weighted by Crippen LogP contribution is -2.36. The molecule has 1 N–H and O–H groups in total. The van der Waals surface area contributed by atoms with Crippen molar-refractivity contribution in [3.8, 4) is 0 Å². The number of carbonyl (C=O) groups excluding carboxylic acids is 1. The Morgan fingerprint density at radius 1 is 1.00 bits per heavy atom. The van der Waals surface area contributed by atoms with Crippen LogP contribution in [0.3, 0.4) is 0 Å². The summed E-state index contributed by atoms with van der Waals surface area (Å²) in [6.07, 6.45) is 1.84. The molecule has 3 heteroatoms. The zero-order chi connectivity index (χ0) is 12.4. The molecule has 3 aromatic rings. The van der Waals surface area contributed by atoms with Gasteiger partial charge in [-0.3, -0.25) is 4.79 Å². The Morgan fingerprint density at radius 3 is 2.56 bits per heavy atom. The van der Waals surface area contributed by atoms with Crippen LogP contribution in [0.15, 0.2) is 60.9 Å². The average Bonchev–Trinajstić information content (AvgIpc) is 2.83. The third-order valence-electron chi connectivity index (χ3n) is 3.00. The van der Waals surface area contributed by atoms with Crippen molar-refractivity contribution in [3.63, 3.8) is 0 Å². The zero-order valence-electron chi connectivity index (χ0n) is 9.84. The fraction of sp³-hybridized carbons (Fsp3) is 0.0667. The van der Waals surface area contributed by atoms with Gasteiger partial charge in [0.05, 0.1) is 0 Å². The highest BCUT2D eigenvalue weighted by Gasteiger charge is 2.13. The van der Waals surface area contributed by atoms with Crippen LogP contribution in [0.1, 0.15) is 10.4 Å². The number of ketones is 1. The van der Waals surface area contributed by atoms with Gasteiger partial charge in [0.2, 0.25) is 12.1 Å². The molecular formula is C15H13N2O+. The summed E-state index contributed by atoms with van der Waals surface area (Å²) in [7, 11) is 0. The largest absolute Gasteiger partial charge is 0.290 e. The number of rotatable bonds is 3. The lowest BCUT2D eigenvalue weighted by molar-refractivity contribution is -0.656. The summed E-state index contributed by atoms with van der Waals surface area (Å²) >= 11 is 0. The summed E-state index contributed by atoms with van der Waals surface area (Å²) in [5.41, 5.74) is 2.83. The van der Waals surface area contributed by atoms with Crippen molar-refractivity contribution < 1.29 is 9.36 Å². The molecule has 1 aromatic heterocycles. The van der Waals surface area contributed by atoms with E-state index in [0.29, 0.717) is 6.54 Å². The third-order valence-corrected chi connectivity index (χ3v) is 3.00. The number of para-hydroxylation sites is 2. The maximum Gasteiger partial charge on any atom is 0.242 e. The van der Waals surface area contributed by atoms with E-state index in [1.165, 1.54) is 0 Å². The van der Waals surface area contributed by atoms with Crippen LogP contribution >= 0.6 is 0 Å². The SMILES string of the molecule is O=C(C[n+]1c[nH]c2ccccc21)c1ccccc1. The van der Waals surface area contributed by atoms with E-state index in [1.54, 1.807) is 0 Å². The number of nitrogens with zero attached hydrogens (tertiary/aromatic N) is 1. The van der Waals surface area contributed by atoms with Crippen molar-refractivity contribution in [2.24, 2.45) is 0 Å². The smallest absolute Gasteiger partial charge is 0.242 e. The highest BCUT2D eigenvalue weighted by Crippen LogP contribution is 2.06. The van der Waals surface area contributed by atoms with Gasteiger partial charge in [-0.15, -0.1) is 0 Å². The van der Waals surface area contributed by atoms with E-state index in [4.69, 9.17) is 0 Å². The van der Waals surface area contributed by atoms with E-state index >= 15 is 0 Å². The molecule has 0 saturated heterocycles. The number of aromatic amines is 1. The van der Waals surface area contributed by atoms with Gasteiger partial charge in [-0.25, -0.2) is 9.55 Å². The van der Waals surface area contributed by atoms with Gasteiger partial charge < -0.3 is 0 Å². The van der Waals surface area contributed by atoms with Crippen LogP contribution in [0.4, 0.5) is 0 Å². The van der Waals surface area contributed by atoms with Crippen molar-refractivity contribution in [2.75, 3.05) is 0 Å². The van der Waals surface area contributed by atoms with Crippen LogP contribution in [-0.2, 0) is 6.54 Å². The van der Waals surface area contributed by atoms with Crippen LogP contribution in [0, 0.1) is 0 Å². The Morgan fingerprint density at radius 2 is 1.72 bits per heavy atom. The summed E-state index contributed by atoms with van der Waals surface area (Å²) in [4.78, 5) is 15.3. The van der Waals surface area contributed by atoms with Crippen molar-refractivity contribution in [1.82, 2.24) is 4.98 Å². The number of carbonyl (C=O) groups is 1. The first-order valence-corrected chi connectivity index (χ1v) is 5.88. The fourth-order valence-electron chi connectivity index (χ4n) is 2.06. The predicted octanol–water partition coefficient (Wildman–Crippen LogP) is 2.34. The number of Topliss-reactive ketones (excluding diaryl/α,β-unsaturated/α-hetero) is 1. The van der Waals surface area contributed by atoms with E-state index < -0.39 is 0 Å². The van der Waals surface area contributed by atoms with Gasteiger partial charge in [0.15, 0.2) is 17.6 Å². The summed E-state index contributed by atoms with van der Waals surface area (Å²) in [6.45, 7) is 0.355. The molecule has 18 heavy (non-hydrogen) atoms. The number of benzene rings is 2. The summed E-state index contributed by atoms with van der Waals surface area (Å²) in [5, 5.41) is 0. The molecule has 0 fully saturated rings. The van der Waals surface area contributed by atoms with Gasteiger partial charge in [-0.1, -0.05) is 42.5 Å². The van der Waals surface area contributed by atoms with Crippen LogP contribution in [0.25, 0.3) is 11.0 Å². The standard InChI is InChI=1S/C15H12N2O/c18-15(12-6-2-1-3-7-12)10-17-11-16-13-8-4-5-9-14(13)17/h1-9,11H,10H2/p+1. The van der Waals surface area contributed by atoms with Crippen LogP contribution in [0.2, 0.25) is 0 Å². The minimum Gasteiger partial charge on any atom is -0.290 e.